The van der Waals surface area contributed by atoms with E-state index in [1.807, 2.05) is 42.5 Å². The van der Waals surface area contributed by atoms with Crippen LogP contribution in [0.15, 0.2) is 166 Å². The molecule has 1 spiro atoms. The molecule has 1 unspecified atom stereocenters. The summed E-state index contributed by atoms with van der Waals surface area (Å²) in [5, 5.41) is 4.39. The lowest BCUT2D eigenvalue weighted by molar-refractivity contribution is 0.0488. The Hall–Kier alpha value is -5.65. The Labute approximate surface area is 322 Å². The van der Waals surface area contributed by atoms with Gasteiger partial charge in [-0.25, -0.2) is 8.42 Å². The van der Waals surface area contributed by atoms with Crippen LogP contribution < -0.4 is 4.90 Å². The third-order valence-electron chi connectivity index (χ3n) is 13.2. The monoisotopic (exact) mass is 735 g/mol. The van der Waals surface area contributed by atoms with Crippen LogP contribution in [0.3, 0.4) is 0 Å². The first-order valence-electron chi connectivity index (χ1n) is 19.7. The highest BCUT2D eigenvalue weighted by Gasteiger charge is 2.58. The summed E-state index contributed by atoms with van der Waals surface area (Å²) < 4.78 is 36.4. The Morgan fingerprint density at radius 3 is 2.16 bits per heavy atom. The van der Waals surface area contributed by atoms with Gasteiger partial charge in [-0.1, -0.05) is 123 Å². The predicted octanol–water partition coefficient (Wildman–Crippen LogP) is 13.2. The zero-order chi connectivity index (χ0) is 36.9. The third kappa shape index (κ3) is 4.72. The number of nitrogens with zero attached hydrogens (tertiary/aromatic N) is 1. The quantitative estimate of drug-likeness (QED) is 0.181. The number of fused-ring (bicyclic) bond motifs is 6. The van der Waals surface area contributed by atoms with E-state index in [-0.39, 0.29) is 5.41 Å². The van der Waals surface area contributed by atoms with Crippen molar-refractivity contribution in [3.63, 3.8) is 0 Å². The number of hydrogen-bond donors (Lipinski definition) is 0. The molecular weight excluding hydrogens is 695 g/mol. The third-order valence-corrected chi connectivity index (χ3v) is 15.0. The fourth-order valence-electron chi connectivity index (χ4n) is 11.1. The number of anilines is 3. The fourth-order valence-corrected chi connectivity index (χ4v) is 12.9. The van der Waals surface area contributed by atoms with Crippen molar-refractivity contribution in [2.75, 3.05) is 4.90 Å². The van der Waals surface area contributed by atoms with Gasteiger partial charge in [-0.15, -0.1) is 0 Å². The van der Waals surface area contributed by atoms with E-state index in [0.717, 1.165) is 97.7 Å². The average molecular weight is 736 g/mol. The van der Waals surface area contributed by atoms with E-state index in [1.54, 1.807) is 0 Å². The van der Waals surface area contributed by atoms with Gasteiger partial charge in [0.25, 0.3) is 0 Å². The summed E-state index contributed by atoms with van der Waals surface area (Å²) in [4.78, 5) is 3.20. The van der Waals surface area contributed by atoms with Gasteiger partial charge in [0.15, 0.2) is 0 Å². The van der Waals surface area contributed by atoms with Gasteiger partial charge in [-0.3, -0.25) is 0 Å². The molecule has 2 heterocycles. The highest BCUT2D eigenvalue weighted by Crippen LogP contribution is 2.63. The van der Waals surface area contributed by atoms with Crippen molar-refractivity contribution in [2.45, 2.75) is 54.2 Å². The minimum atomic E-state index is -3.81. The number of sulfone groups is 1. The molecule has 4 atom stereocenters. The molecule has 3 aliphatic rings. The molecule has 1 aliphatic heterocycles. The molecule has 55 heavy (non-hydrogen) atoms. The van der Waals surface area contributed by atoms with Gasteiger partial charge in [-0.05, 0) is 108 Å². The number of rotatable bonds is 4. The van der Waals surface area contributed by atoms with Gasteiger partial charge < -0.3 is 9.32 Å². The van der Waals surface area contributed by atoms with Gasteiger partial charge in [0.2, 0.25) is 9.84 Å². The van der Waals surface area contributed by atoms with Crippen LogP contribution in [0, 0.1) is 17.8 Å². The van der Waals surface area contributed by atoms with Crippen molar-refractivity contribution in [3.8, 4) is 11.1 Å². The van der Waals surface area contributed by atoms with Crippen LogP contribution in [0.25, 0.3) is 43.8 Å². The molecule has 2 bridgehead atoms. The second kappa shape index (κ2) is 12.2. The summed E-state index contributed by atoms with van der Waals surface area (Å²) in [5.74, 6) is 1.44. The van der Waals surface area contributed by atoms with E-state index in [0.29, 0.717) is 27.5 Å². The zero-order valence-electron chi connectivity index (χ0n) is 30.8. The fraction of sp³-hybridized carbons (Fsp3) is 0.200. The van der Waals surface area contributed by atoms with Gasteiger partial charge >= 0.3 is 0 Å². The van der Waals surface area contributed by atoms with Gasteiger partial charge in [0, 0.05) is 38.5 Å². The number of furan rings is 1. The van der Waals surface area contributed by atoms with E-state index in [4.69, 9.17) is 4.42 Å². The number of benzene rings is 7. The normalized spacial score (nSPS) is 22.5. The Balaban J connectivity index is 1.15. The molecule has 1 aromatic heterocycles. The second-order valence-electron chi connectivity index (χ2n) is 16.1. The summed E-state index contributed by atoms with van der Waals surface area (Å²) in [6.07, 6.45) is 5.71. The summed E-state index contributed by atoms with van der Waals surface area (Å²) in [6.45, 7) is 2.39. The molecule has 270 valence electrons. The molecule has 2 saturated carbocycles. The van der Waals surface area contributed by atoms with E-state index < -0.39 is 9.84 Å². The van der Waals surface area contributed by atoms with Crippen molar-refractivity contribution < 1.29 is 12.8 Å². The molecule has 5 heteroatoms. The number of hydrogen-bond acceptors (Lipinski definition) is 4. The second-order valence-corrected chi connectivity index (χ2v) is 18.0. The van der Waals surface area contributed by atoms with Crippen LogP contribution in [0.1, 0.15) is 50.2 Å². The minimum absolute atomic E-state index is 0.310. The van der Waals surface area contributed by atoms with Crippen LogP contribution in [0.4, 0.5) is 17.1 Å². The maximum Gasteiger partial charge on any atom is 0.207 e. The van der Waals surface area contributed by atoms with Gasteiger partial charge in [0.05, 0.1) is 15.5 Å². The first-order chi connectivity index (χ1) is 26.9. The van der Waals surface area contributed by atoms with Crippen LogP contribution in [0.2, 0.25) is 0 Å². The van der Waals surface area contributed by atoms with Crippen molar-refractivity contribution in [1.82, 2.24) is 0 Å². The topological polar surface area (TPSA) is 50.5 Å². The lowest BCUT2D eigenvalue weighted by Gasteiger charge is -2.57. The standard InChI is InChI=1S/C50H41NO3S/c1-32-28-35-15-10-16-36(29-32)50(35)43-22-5-7-25-47(43)55(52,53)48-31-38(26-27-44(48)50)51(45-23-9-13-33-12-2-3-18-39(33)45)37-17-8-14-34(30-37)40-20-11-21-42-41-19-4-6-24-46(41)54-49(40)42/h2-9,11-14,17-27,30-32,35-36H,10,15-16,28-29H2,1H3/t32-,35-,36+,50?. The van der Waals surface area contributed by atoms with Gasteiger partial charge in [0.1, 0.15) is 11.2 Å². The van der Waals surface area contributed by atoms with E-state index in [1.165, 1.54) is 6.42 Å². The van der Waals surface area contributed by atoms with Crippen molar-refractivity contribution in [3.05, 3.63) is 163 Å². The molecule has 11 rings (SSSR count). The molecule has 7 aromatic carbocycles. The first-order valence-corrected chi connectivity index (χ1v) is 21.2. The summed E-state index contributed by atoms with van der Waals surface area (Å²) in [7, 11) is -3.81. The van der Waals surface area contributed by atoms with Crippen LogP contribution in [-0.4, -0.2) is 8.42 Å². The Bertz CT molecular complexity index is 2920. The molecule has 0 radical (unpaired) electrons. The SMILES string of the molecule is C[C@@H]1C[C@H]2CCC[C@@H](C1)C21c2ccccc2S(=O)(=O)c2cc(N(c3cccc(-c4cccc5c4oc4ccccc45)c3)c3cccc4ccccc34)ccc21. The molecular formula is C50H41NO3S. The van der Waals surface area contributed by atoms with Gasteiger partial charge in [-0.2, -0.15) is 0 Å². The highest BCUT2D eigenvalue weighted by molar-refractivity contribution is 7.91. The van der Waals surface area contributed by atoms with E-state index in [2.05, 4.69) is 121 Å². The Kier molecular flexibility index (Phi) is 7.25. The first kappa shape index (κ1) is 32.8. The van der Waals surface area contributed by atoms with Crippen LogP contribution in [-0.2, 0) is 15.3 Å². The maximum atomic E-state index is 15.0. The van der Waals surface area contributed by atoms with Crippen LogP contribution in [0.5, 0.6) is 0 Å². The van der Waals surface area contributed by atoms with E-state index >= 15 is 0 Å². The Morgan fingerprint density at radius 2 is 1.29 bits per heavy atom. The molecule has 0 amide bonds. The summed E-state index contributed by atoms with van der Waals surface area (Å²) >= 11 is 0. The van der Waals surface area contributed by atoms with Crippen molar-refractivity contribution in [2.24, 2.45) is 17.8 Å². The van der Waals surface area contributed by atoms with Crippen LogP contribution >= 0.6 is 0 Å². The molecule has 4 nitrogen and oxygen atoms in total. The number of para-hydroxylation sites is 2. The summed E-state index contributed by atoms with van der Waals surface area (Å²) in [6, 6.07) is 52.2. The van der Waals surface area contributed by atoms with Crippen molar-refractivity contribution >= 4 is 59.6 Å². The smallest absolute Gasteiger partial charge is 0.207 e. The predicted molar refractivity (Wildman–Crippen MR) is 223 cm³/mol. The largest absolute Gasteiger partial charge is 0.455 e. The molecule has 0 saturated heterocycles. The van der Waals surface area contributed by atoms with E-state index in [9.17, 15) is 8.42 Å². The molecule has 0 N–H and O–H groups in total. The molecule has 2 aliphatic carbocycles. The molecule has 2 fully saturated rings. The Morgan fingerprint density at radius 1 is 0.618 bits per heavy atom. The minimum Gasteiger partial charge on any atom is -0.455 e. The highest BCUT2D eigenvalue weighted by atomic mass is 32.2. The summed E-state index contributed by atoms with van der Waals surface area (Å²) in [5.41, 5.74) is 8.22. The molecule has 8 aromatic rings. The average Bonchev–Trinajstić information content (AvgIpc) is 3.60. The maximum absolute atomic E-state index is 15.0. The lowest BCUT2D eigenvalue weighted by Crippen LogP contribution is -2.53. The van der Waals surface area contributed by atoms with Crippen molar-refractivity contribution in [1.29, 1.82) is 0 Å². The lowest BCUT2D eigenvalue weighted by atomic mass is 9.48. The zero-order valence-corrected chi connectivity index (χ0v) is 31.6.